The molecule has 1 aliphatic heterocycles. The van der Waals surface area contributed by atoms with Gasteiger partial charge in [0.1, 0.15) is 5.75 Å². The summed E-state index contributed by atoms with van der Waals surface area (Å²) in [5.74, 6) is 1.84. The highest BCUT2D eigenvalue weighted by atomic mass is 16.3. The Bertz CT molecular complexity index is 433. The molecule has 0 spiro atoms. The summed E-state index contributed by atoms with van der Waals surface area (Å²) >= 11 is 0. The predicted octanol–water partition coefficient (Wildman–Crippen LogP) is 3.19. The monoisotopic (exact) mass is 276 g/mol. The van der Waals surface area contributed by atoms with Crippen LogP contribution >= 0.6 is 0 Å². The molecule has 0 bridgehead atoms. The summed E-state index contributed by atoms with van der Waals surface area (Å²) in [5.41, 5.74) is 1.13. The van der Waals surface area contributed by atoms with E-state index in [0.29, 0.717) is 11.8 Å². The van der Waals surface area contributed by atoms with Crippen molar-refractivity contribution >= 4 is 5.69 Å². The smallest absolute Gasteiger partial charge is 0.117 e. The summed E-state index contributed by atoms with van der Waals surface area (Å²) in [5, 5.41) is 9.62. The maximum Gasteiger partial charge on any atom is 0.117 e. The first-order chi connectivity index (χ1) is 9.47. The molecule has 3 heteroatoms. The number of hydrogen-bond donors (Lipinski definition) is 1. The van der Waals surface area contributed by atoms with Gasteiger partial charge in [0.2, 0.25) is 0 Å². The van der Waals surface area contributed by atoms with Gasteiger partial charge in [-0.2, -0.15) is 0 Å². The SMILES string of the molecule is CC(C)[C@H](C)CN1CCN(c2cccc(O)c2)[C@@H](C)C1. The van der Waals surface area contributed by atoms with E-state index in [1.807, 2.05) is 12.1 Å². The van der Waals surface area contributed by atoms with Gasteiger partial charge in [0.25, 0.3) is 0 Å². The van der Waals surface area contributed by atoms with Crippen molar-refractivity contribution in [1.82, 2.24) is 4.90 Å². The second-order valence-corrected chi connectivity index (χ2v) is 6.54. The third-order valence-corrected chi connectivity index (χ3v) is 4.56. The lowest BCUT2D eigenvalue weighted by Crippen LogP contribution is -2.53. The van der Waals surface area contributed by atoms with Crippen molar-refractivity contribution in [3.05, 3.63) is 24.3 Å². The summed E-state index contributed by atoms with van der Waals surface area (Å²) in [6.07, 6.45) is 0. The molecule has 0 aliphatic carbocycles. The molecule has 0 amide bonds. The Morgan fingerprint density at radius 3 is 2.60 bits per heavy atom. The average Bonchev–Trinajstić information content (AvgIpc) is 2.38. The second kappa shape index (κ2) is 6.49. The van der Waals surface area contributed by atoms with E-state index >= 15 is 0 Å². The van der Waals surface area contributed by atoms with Crippen molar-refractivity contribution in [3.63, 3.8) is 0 Å². The minimum atomic E-state index is 0.352. The number of aromatic hydroxyl groups is 1. The molecule has 112 valence electrons. The fourth-order valence-corrected chi connectivity index (χ4v) is 2.87. The summed E-state index contributed by atoms with van der Waals surface area (Å²) in [7, 11) is 0. The zero-order valence-electron chi connectivity index (χ0n) is 13.2. The van der Waals surface area contributed by atoms with Crippen molar-refractivity contribution in [2.24, 2.45) is 11.8 Å². The molecule has 20 heavy (non-hydrogen) atoms. The first kappa shape index (κ1) is 15.2. The molecule has 1 heterocycles. The van der Waals surface area contributed by atoms with Crippen LogP contribution in [0.4, 0.5) is 5.69 Å². The van der Waals surface area contributed by atoms with Gasteiger partial charge in [0.05, 0.1) is 0 Å². The van der Waals surface area contributed by atoms with Crippen LogP contribution in [0.1, 0.15) is 27.7 Å². The van der Waals surface area contributed by atoms with Crippen molar-refractivity contribution in [3.8, 4) is 5.75 Å². The molecule has 0 saturated carbocycles. The number of piperazine rings is 1. The van der Waals surface area contributed by atoms with E-state index in [9.17, 15) is 5.11 Å². The lowest BCUT2D eigenvalue weighted by molar-refractivity contribution is 0.182. The number of nitrogens with zero attached hydrogens (tertiary/aromatic N) is 2. The summed E-state index contributed by atoms with van der Waals surface area (Å²) in [6.45, 7) is 13.7. The van der Waals surface area contributed by atoms with E-state index in [2.05, 4.69) is 43.6 Å². The normalized spacial score (nSPS) is 22.2. The van der Waals surface area contributed by atoms with Gasteiger partial charge >= 0.3 is 0 Å². The molecule has 2 rings (SSSR count). The lowest BCUT2D eigenvalue weighted by Gasteiger charge is -2.42. The van der Waals surface area contributed by atoms with Crippen LogP contribution in [0.2, 0.25) is 0 Å². The number of benzene rings is 1. The minimum absolute atomic E-state index is 0.352. The Labute approximate surface area is 123 Å². The Hall–Kier alpha value is -1.22. The van der Waals surface area contributed by atoms with Gasteiger partial charge in [-0.15, -0.1) is 0 Å². The molecule has 0 aromatic heterocycles. The zero-order chi connectivity index (χ0) is 14.7. The maximum atomic E-state index is 9.62. The van der Waals surface area contributed by atoms with Crippen LogP contribution in [0.3, 0.4) is 0 Å². The molecule has 0 radical (unpaired) electrons. The third kappa shape index (κ3) is 3.66. The van der Waals surface area contributed by atoms with Crippen LogP contribution in [0.15, 0.2) is 24.3 Å². The lowest BCUT2D eigenvalue weighted by atomic mass is 9.97. The Morgan fingerprint density at radius 2 is 2.00 bits per heavy atom. The van der Waals surface area contributed by atoms with Gasteiger partial charge in [-0.3, -0.25) is 4.90 Å². The Kier molecular flexibility index (Phi) is 4.92. The molecular weight excluding hydrogens is 248 g/mol. The van der Waals surface area contributed by atoms with E-state index < -0.39 is 0 Å². The Balaban J connectivity index is 1.96. The van der Waals surface area contributed by atoms with Crippen LogP contribution in [-0.2, 0) is 0 Å². The largest absolute Gasteiger partial charge is 0.508 e. The molecule has 0 unspecified atom stereocenters. The first-order valence-electron chi connectivity index (χ1n) is 7.75. The van der Waals surface area contributed by atoms with Crippen LogP contribution in [-0.4, -0.2) is 42.2 Å². The first-order valence-corrected chi connectivity index (χ1v) is 7.75. The van der Waals surface area contributed by atoms with Gasteiger partial charge in [0.15, 0.2) is 0 Å². The molecule has 1 aromatic rings. The molecule has 1 aliphatic rings. The van der Waals surface area contributed by atoms with Crippen LogP contribution in [0.25, 0.3) is 0 Å². The average molecular weight is 276 g/mol. The molecule has 3 nitrogen and oxygen atoms in total. The van der Waals surface area contributed by atoms with Crippen LogP contribution in [0.5, 0.6) is 5.75 Å². The minimum Gasteiger partial charge on any atom is -0.508 e. The van der Waals surface area contributed by atoms with E-state index in [4.69, 9.17) is 0 Å². The number of rotatable bonds is 4. The summed E-state index contributed by atoms with van der Waals surface area (Å²) in [6, 6.07) is 8.09. The fraction of sp³-hybridized carbons (Fsp3) is 0.647. The van der Waals surface area contributed by atoms with Crippen molar-refractivity contribution in [2.75, 3.05) is 31.1 Å². The zero-order valence-corrected chi connectivity index (χ0v) is 13.2. The molecule has 1 fully saturated rings. The van der Waals surface area contributed by atoms with E-state index in [-0.39, 0.29) is 0 Å². The van der Waals surface area contributed by atoms with Crippen molar-refractivity contribution in [2.45, 2.75) is 33.7 Å². The molecular formula is C17H28N2O. The van der Waals surface area contributed by atoms with Crippen LogP contribution < -0.4 is 4.90 Å². The van der Waals surface area contributed by atoms with E-state index in [1.54, 1.807) is 6.07 Å². The van der Waals surface area contributed by atoms with Gasteiger partial charge in [-0.05, 0) is 30.9 Å². The standard InChI is InChI=1S/C17H28N2O/c1-13(2)14(3)11-18-8-9-19(15(4)12-18)16-6-5-7-17(20)10-16/h5-7,10,13-15,20H,8-9,11-12H2,1-4H3/t14-,15+/m1/s1. The van der Waals surface area contributed by atoms with Crippen molar-refractivity contribution in [1.29, 1.82) is 0 Å². The highest BCUT2D eigenvalue weighted by molar-refractivity contribution is 5.51. The molecule has 1 aromatic carbocycles. The van der Waals surface area contributed by atoms with Crippen molar-refractivity contribution < 1.29 is 5.11 Å². The van der Waals surface area contributed by atoms with E-state index in [1.165, 1.54) is 6.54 Å². The Morgan fingerprint density at radius 1 is 1.25 bits per heavy atom. The van der Waals surface area contributed by atoms with Gasteiger partial charge < -0.3 is 10.0 Å². The highest BCUT2D eigenvalue weighted by Crippen LogP contribution is 2.24. The molecule has 1 N–H and O–H groups in total. The number of anilines is 1. The summed E-state index contributed by atoms with van der Waals surface area (Å²) in [4.78, 5) is 4.98. The summed E-state index contributed by atoms with van der Waals surface area (Å²) < 4.78 is 0. The second-order valence-electron chi connectivity index (χ2n) is 6.54. The van der Waals surface area contributed by atoms with Gasteiger partial charge in [-0.1, -0.05) is 26.8 Å². The molecule has 2 atom stereocenters. The highest BCUT2D eigenvalue weighted by Gasteiger charge is 2.25. The predicted molar refractivity (Wildman–Crippen MR) is 85.4 cm³/mol. The number of phenols is 1. The van der Waals surface area contributed by atoms with Crippen LogP contribution in [0, 0.1) is 11.8 Å². The fourth-order valence-electron chi connectivity index (χ4n) is 2.87. The molecule has 1 saturated heterocycles. The maximum absolute atomic E-state index is 9.62. The number of hydrogen-bond acceptors (Lipinski definition) is 3. The third-order valence-electron chi connectivity index (χ3n) is 4.56. The van der Waals surface area contributed by atoms with Gasteiger partial charge in [0, 0.05) is 44.0 Å². The van der Waals surface area contributed by atoms with E-state index in [0.717, 1.165) is 37.2 Å². The number of phenolic OH excluding ortho intramolecular Hbond substituents is 1. The topological polar surface area (TPSA) is 26.7 Å². The van der Waals surface area contributed by atoms with Gasteiger partial charge in [-0.25, -0.2) is 0 Å². The quantitative estimate of drug-likeness (QED) is 0.915.